The van der Waals surface area contributed by atoms with Gasteiger partial charge in [0.25, 0.3) is 0 Å². The second-order valence-electron chi connectivity index (χ2n) is 5.31. The molecule has 0 fully saturated rings. The van der Waals surface area contributed by atoms with Crippen molar-refractivity contribution in [1.82, 2.24) is 5.32 Å². The van der Waals surface area contributed by atoms with Crippen LogP contribution in [-0.2, 0) is 6.54 Å². The molecule has 0 aliphatic heterocycles. The van der Waals surface area contributed by atoms with Crippen LogP contribution in [0.15, 0.2) is 12.1 Å². The Bertz CT molecular complexity index is 396. The lowest BCUT2D eigenvalue weighted by Gasteiger charge is -2.27. The fourth-order valence-electron chi connectivity index (χ4n) is 1.87. The van der Waals surface area contributed by atoms with Crippen LogP contribution in [0, 0.1) is 11.6 Å². The zero-order chi connectivity index (χ0) is 14.6. The van der Waals surface area contributed by atoms with E-state index >= 15 is 0 Å². The number of anilines is 1. The van der Waals surface area contributed by atoms with E-state index in [1.54, 1.807) is 11.9 Å². The van der Waals surface area contributed by atoms with Gasteiger partial charge in [0, 0.05) is 25.7 Å². The topological polar surface area (TPSA) is 15.3 Å². The lowest BCUT2D eigenvalue weighted by Crippen LogP contribution is -2.30. The van der Waals surface area contributed by atoms with Crippen LogP contribution in [0.3, 0.4) is 0 Å². The summed E-state index contributed by atoms with van der Waals surface area (Å²) in [6, 6.07) is 3.21. The highest BCUT2D eigenvalue weighted by Gasteiger charge is 2.18. The predicted molar refractivity (Wildman–Crippen MR) is 76.5 cm³/mol. The quantitative estimate of drug-likeness (QED) is 0.848. The zero-order valence-electron chi connectivity index (χ0n) is 12.4. The van der Waals surface area contributed by atoms with E-state index in [2.05, 4.69) is 5.32 Å². The molecule has 1 N–H and O–H groups in total. The Morgan fingerprint density at radius 3 is 2.11 bits per heavy atom. The molecule has 1 aromatic carbocycles. The van der Waals surface area contributed by atoms with Gasteiger partial charge in [0.05, 0.1) is 0 Å². The highest BCUT2D eigenvalue weighted by Crippen LogP contribution is 2.26. The standard InChI is InChI=1S/C15H24F2N2/c1-6-11(4)19(5)15-13(16)7-12(8-14(15)17)9-18-10(2)3/h7-8,10-11,18H,6,9H2,1-5H3. The van der Waals surface area contributed by atoms with Crippen LogP contribution in [0.1, 0.15) is 39.7 Å². The third-order valence-electron chi connectivity index (χ3n) is 3.40. The SMILES string of the molecule is CCC(C)N(C)c1c(F)cc(CNC(C)C)cc1F. The molecule has 0 aliphatic carbocycles. The van der Waals surface area contributed by atoms with Crippen molar-refractivity contribution < 1.29 is 8.78 Å². The van der Waals surface area contributed by atoms with Crippen molar-refractivity contribution in [2.75, 3.05) is 11.9 Å². The lowest BCUT2D eigenvalue weighted by atomic mass is 10.1. The molecule has 0 saturated heterocycles. The number of rotatable bonds is 6. The highest BCUT2D eigenvalue weighted by atomic mass is 19.1. The van der Waals surface area contributed by atoms with Crippen LogP contribution in [0.4, 0.5) is 14.5 Å². The summed E-state index contributed by atoms with van der Waals surface area (Å²) < 4.78 is 28.1. The predicted octanol–water partition coefficient (Wildman–Crippen LogP) is 3.70. The number of nitrogens with one attached hydrogen (secondary N) is 1. The molecular formula is C15H24F2N2. The van der Waals surface area contributed by atoms with Gasteiger partial charge in [-0.15, -0.1) is 0 Å². The molecule has 4 heteroatoms. The Morgan fingerprint density at radius 2 is 1.68 bits per heavy atom. The van der Waals surface area contributed by atoms with E-state index < -0.39 is 11.6 Å². The number of hydrogen-bond acceptors (Lipinski definition) is 2. The first-order valence-corrected chi connectivity index (χ1v) is 6.80. The largest absolute Gasteiger partial charge is 0.367 e. The van der Waals surface area contributed by atoms with E-state index in [1.807, 2.05) is 27.7 Å². The Morgan fingerprint density at radius 1 is 1.16 bits per heavy atom. The molecule has 0 saturated carbocycles. The molecule has 0 aliphatic rings. The van der Waals surface area contributed by atoms with E-state index in [-0.39, 0.29) is 17.8 Å². The van der Waals surface area contributed by atoms with Crippen molar-refractivity contribution in [3.8, 4) is 0 Å². The third-order valence-corrected chi connectivity index (χ3v) is 3.40. The van der Waals surface area contributed by atoms with Gasteiger partial charge in [0.2, 0.25) is 0 Å². The van der Waals surface area contributed by atoms with E-state index in [4.69, 9.17) is 0 Å². The second kappa shape index (κ2) is 6.85. The van der Waals surface area contributed by atoms with Gasteiger partial charge >= 0.3 is 0 Å². The molecule has 108 valence electrons. The minimum Gasteiger partial charge on any atom is -0.367 e. The van der Waals surface area contributed by atoms with Gasteiger partial charge in [0.1, 0.15) is 17.3 Å². The lowest BCUT2D eigenvalue weighted by molar-refractivity contribution is 0.545. The van der Waals surface area contributed by atoms with Gasteiger partial charge < -0.3 is 10.2 Å². The van der Waals surface area contributed by atoms with E-state index in [0.717, 1.165) is 6.42 Å². The van der Waals surface area contributed by atoms with E-state index in [9.17, 15) is 8.78 Å². The molecule has 0 spiro atoms. The van der Waals surface area contributed by atoms with Crippen LogP contribution < -0.4 is 10.2 Å². The maximum absolute atomic E-state index is 14.1. The molecule has 1 rings (SSSR count). The zero-order valence-corrected chi connectivity index (χ0v) is 12.4. The fourth-order valence-corrected chi connectivity index (χ4v) is 1.87. The molecule has 19 heavy (non-hydrogen) atoms. The van der Waals surface area contributed by atoms with Gasteiger partial charge in [-0.25, -0.2) is 8.78 Å². The first-order valence-electron chi connectivity index (χ1n) is 6.80. The summed E-state index contributed by atoms with van der Waals surface area (Å²) in [4.78, 5) is 1.66. The summed E-state index contributed by atoms with van der Waals surface area (Å²) in [5.74, 6) is -0.994. The van der Waals surface area contributed by atoms with Crippen LogP contribution in [0.2, 0.25) is 0 Å². The Hall–Kier alpha value is -1.16. The van der Waals surface area contributed by atoms with Gasteiger partial charge in [-0.2, -0.15) is 0 Å². The number of nitrogens with zero attached hydrogens (tertiary/aromatic N) is 1. The Kier molecular flexibility index (Phi) is 5.73. The Labute approximate surface area is 114 Å². The fraction of sp³-hybridized carbons (Fsp3) is 0.600. The summed E-state index contributed by atoms with van der Waals surface area (Å²) in [7, 11) is 1.72. The van der Waals surface area contributed by atoms with Crippen molar-refractivity contribution in [3.63, 3.8) is 0 Å². The minimum absolute atomic E-state index is 0.0580. The molecule has 1 atom stereocenters. The molecule has 0 radical (unpaired) electrons. The smallest absolute Gasteiger partial charge is 0.149 e. The first-order chi connectivity index (χ1) is 8.86. The van der Waals surface area contributed by atoms with E-state index in [1.165, 1.54) is 12.1 Å². The van der Waals surface area contributed by atoms with Gasteiger partial charge in [-0.1, -0.05) is 20.8 Å². The summed E-state index contributed by atoms with van der Waals surface area (Å²) in [6.07, 6.45) is 0.839. The number of halogens is 2. The summed E-state index contributed by atoms with van der Waals surface area (Å²) in [5, 5.41) is 3.15. The molecule has 0 aromatic heterocycles. The molecule has 2 nitrogen and oxygen atoms in total. The van der Waals surface area contributed by atoms with Crippen molar-refractivity contribution in [3.05, 3.63) is 29.3 Å². The molecule has 0 bridgehead atoms. The van der Waals surface area contributed by atoms with Crippen molar-refractivity contribution in [2.45, 2.75) is 52.7 Å². The van der Waals surface area contributed by atoms with Crippen LogP contribution in [-0.4, -0.2) is 19.1 Å². The Balaban J connectivity index is 2.97. The summed E-state index contributed by atoms with van der Waals surface area (Å²) in [6.45, 7) is 8.42. The molecule has 1 aromatic rings. The van der Waals surface area contributed by atoms with Crippen molar-refractivity contribution in [1.29, 1.82) is 0 Å². The number of hydrogen-bond donors (Lipinski definition) is 1. The minimum atomic E-state index is -0.497. The van der Waals surface area contributed by atoms with Crippen molar-refractivity contribution in [2.24, 2.45) is 0 Å². The molecule has 1 unspecified atom stereocenters. The average molecular weight is 270 g/mol. The molecule has 0 amide bonds. The maximum Gasteiger partial charge on any atom is 0.149 e. The summed E-state index contributed by atoms with van der Waals surface area (Å²) in [5.41, 5.74) is 0.688. The van der Waals surface area contributed by atoms with E-state index in [0.29, 0.717) is 12.1 Å². The average Bonchev–Trinajstić information content (AvgIpc) is 2.34. The van der Waals surface area contributed by atoms with Crippen LogP contribution >= 0.6 is 0 Å². The first kappa shape index (κ1) is 15.9. The van der Waals surface area contributed by atoms with Gasteiger partial charge in [-0.05, 0) is 31.0 Å². The third kappa shape index (κ3) is 4.16. The summed E-state index contributed by atoms with van der Waals surface area (Å²) >= 11 is 0. The normalized spacial score (nSPS) is 12.8. The van der Waals surface area contributed by atoms with Gasteiger partial charge in [0.15, 0.2) is 0 Å². The molecule has 0 heterocycles. The maximum atomic E-state index is 14.1. The van der Waals surface area contributed by atoms with Crippen LogP contribution in [0.25, 0.3) is 0 Å². The highest BCUT2D eigenvalue weighted by molar-refractivity contribution is 5.50. The molecular weight excluding hydrogens is 246 g/mol. The monoisotopic (exact) mass is 270 g/mol. The second-order valence-corrected chi connectivity index (χ2v) is 5.31. The van der Waals surface area contributed by atoms with Crippen molar-refractivity contribution >= 4 is 5.69 Å². The number of benzene rings is 1. The van der Waals surface area contributed by atoms with Gasteiger partial charge in [-0.3, -0.25) is 0 Å². The van der Waals surface area contributed by atoms with Crippen LogP contribution in [0.5, 0.6) is 0 Å².